The number of aromatic hydroxyl groups is 1. The number of phenols is 1. The van der Waals surface area contributed by atoms with Crippen molar-refractivity contribution in [1.29, 1.82) is 0 Å². The molecule has 0 fully saturated rings. The molecule has 0 spiro atoms. The molecule has 22 heavy (non-hydrogen) atoms. The van der Waals surface area contributed by atoms with E-state index < -0.39 is 0 Å². The van der Waals surface area contributed by atoms with Gasteiger partial charge in [-0.2, -0.15) is 0 Å². The summed E-state index contributed by atoms with van der Waals surface area (Å²) >= 11 is 0. The Labute approximate surface area is 130 Å². The van der Waals surface area contributed by atoms with Gasteiger partial charge < -0.3 is 9.84 Å². The highest BCUT2D eigenvalue weighted by molar-refractivity contribution is 5.79. The fourth-order valence-electron chi connectivity index (χ4n) is 2.38. The Morgan fingerprint density at radius 2 is 1.73 bits per heavy atom. The number of ketones is 1. The molecule has 0 amide bonds. The average Bonchev–Trinajstić information content (AvgIpc) is 2.49. The second kappa shape index (κ2) is 6.94. The van der Waals surface area contributed by atoms with Gasteiger partial charge in [0.15, 0.2) is 0 Å². The van der Waals surface area contributed by atoms with Gasteiger partial charge in [0.25, 0.3) is 0 Å². The minimum absolute atomic E-state index is 0.125. The lowest BCUT2D eigenvalue weighted by Crippen LogP contribution is -2.00. The molecule has 0 aliphatic rings. The first-order valence-corrected chi connectivity index (χ1v) is 7.12. The number of Topliss-reactive ketones (excluding diaryl/α,β-unsaturated/α-hetero) is 1. The van der Waals surface area contributed by atoms with Gasteiger partial charge >= 0.3 is 0 Å². The van der Waals surface area contributed by atoms with Crippen LogP contribution in [0, 0.1) is 0 Å². The average molecular weight is 296 g/mol. The van der Waals surface area contributed by atoms with Crippen LogP contribution in [0.4, 0.5) is 0 Å². The Bertz CT molecular complexity index is 684. The van der Waals surface area contributed by atoms with E-state index in [1.165, 1.54) is 0 Å². The summed E-state index contributed by atoms with van der Waals surface area (Å²) in [6, 6.07) is 12.8. The molecule has 0 aliphatic carbocycles. The number of benzene rings is 2. The van der Waals surface area contributed by atoms with Gasteiger partial charge in [-0.1, -0.05) is 24.8 Å². The fourth-order valence-corrected chi connectivity index (χ4v) is 2.38. The number of carbonyl (C=O) groups is 1. The van der Waals surface area contributed by atoms with Crippen LogP contribution in [-0.2, 0) is 17.6 Å². The maximum Gasteiger partial charge on any atom is 0.134 e. The summed E-state index contributed by atoms with van der Waals surface area (Å²) in [7, 11) is 1.62. The number of rotatable bonds is 6. The van der Waals surface area contributed by atoms with Crippen LogP contribution < -0.4 is 4.74 Å². The zero-order valence-electron chi connectivity index (χ0n) is 12.9. The molecule has 114 valence electrons. The molecule has 0 saturated heterocycles. The molecule has 2 aromatic rings. The number of methoxy groups -OCH3 is 1. The molecule has 2 rings (SSSR count). The Balaban J connectivity index is 2.26. The van der Waals surface area contributed by atoms with Crippen LogP contribution in [0.15, 0.2) is 49.0 Å². The third kappa shape index (κ3) is 3.98. The van der Waals surface area contributed by atoms with E-state index in [9.17, 15) is 9.90 Å². The maximum atomic E-state index is 11.3. The first-order chi connectivity index (χ1) is 10.5. The van der Waals surface area contributed by atoms with Crippen molar-refractivity contribution >= 4 is 11.4 Å². The van der Waals surface area contributed by atoms with E-state index in [0.717, 1.165) is 28.0 Å². The highest BCUT2D eigenvalue weighted by atomic mass is 16.5. The van der Waals surface area contributed by atoms with Gasteiger partial charge in [-0.05, 0) is 54.3 Å². The molecule has 0 heterocycles. The lowest BCUT2D eigenvalue weighted by atomic mass is 9.96. The summed E-state index contributed by atoms with van der Waals surface area (Å²) in [5.74, 6) is 1.12. The first-order valence-electron chi connectivity index (χ1n) is 7.12. The zero-order valence-corrected chi connectivity index (χ0v) is 12.9. The molecule has 0 aromatic heterocycles. The highest BCUT2D eigenvalue weighted by Gasteiger charge is 2.10. The quantitative estimate of drug-likeness (QED) is 0.882. The SMILES string of the molecule is C=C(Cc1ccc(O)cc1)c1cc(CC(C)=O)ccc1OC. The van der Waals surface area contributed by atoms with Crippen molar-refractivity contribution in [3.63, 3.8) is 0 Å². The summed E-state index contributed by atoms with van der Waals surface area (Å²) < 4.78 is 5.40. The predicted molar refractivity (Wildman–Crippen MR) is 88.2 cm³/mol. The standard InChI is InChI=1S/C19H20O3/c1-13(10-15-4-7-17(21)8-5-15)18-12-16(11-14(2)20)6-9-19(18)22-3/h4-9,12,21H,1,10-11H2,2-3H3. The molecule has 0 unspecified atom stereocenters. The minimum atomic E-state index is 0.125. The number of ether oxygens (including phenoxy) is 1. The van der Waals surface area contributed by atoms with Gasteiger partial charge in [0.2, 0.25) is 0 Å². The summed E-state index contributed by atoms with van der Waals surface area (Å²) in [5.41, 5.74) is 3.83. The topological polar surface area (TPSA) is 46.5 Å². The van der Waals surface area contributed by atoms with E-state index in [1.54, 1.807) is 26.2 Å². The van der Waals surface area contributed by atoms with Crippen molar-refractivity contribution in [2.24, 2.45) is 0 Å². The smallest absolute Gasteiger partial charge is 0.134 e. The predicted octanol–water partition coefficient (Wildman–Crippen LogP) is 3.79. The maximum absolute atomic E-state index is 11.3. The largest absolute Gasteiger partial charge is 0.508 e. The Morgan fingerprint density at radius 3 is 2.32 bits per heavy atom. The molecule has 0 aliphatic heterocycles. The molecule has 0 bridgehead atoms. The summed E-state index contributed by atoms with van der Waals surface area (Å²) in [6.45, 7) is 5.72. The second-order valence-corrected chi connectivity index (χ2v) is 5.36. The minimum Gasteiger partial charge on any atom is -0.508 e. The Kier molecular flexibility index (Phi) is 4.99. The zero-order chi connectivity index (χ0) is 16.1. The second-order valence-electron chi connectivity index (χ2n) is 5.36. The number of hydrogen-bond acceptors (Lipinski definition) is 3. The first kappa shape index (κ1) is 15.8. The number of carbonyl (C=O) groups excluding carboxylic acids is 1. The van der Waals surface area contributed by atoms with Crippen LogP contribution in [0.1, 0.15) is 23.6 Å². The molecular weight excluding hydrogens is 276 g/mol. The van der Waals surface area contributed by atoms with Gasteiger partial charge in [0.05, 0.1) is 7.11 Å². The van der Waals surface area contributed by atoms with E-state index in [0.29, 0.717) is 12.8 Å². The van der Waals surface area contributed by atoms with Crippen molar-refractivity contribution in [2.75, 3.05) is 7.11 Å². The molecule has 0 atom stereocenters. The van der Waals surface area contributed by atoms with Crippen molar-refractivity contribution in [1.82, 2.24) is 0 Å². The van der Waals surface area contributed by atoms with E-state index in [1.807, 2.05) is 30.3 Å². The van der Waals surface area contributed by atoms with Gasteiger partial charge in [-0.25, -0.2) is 0 Å². The molecule has 3 heteroatoms. The summed E-state index contributed by atoms with van der Waals surface area (Å²) in [5, 5.41) is 9.34. The van der Waals surface area contributed by atoms with Gasteiger partial charge in [0.1, 0.15) is 17.3 Å². The van der Waals surface area contributed by atoms with Crippen molar-refractivity contribution < 1.29 is 14.6 Å². The van der Waals surface area contributed by atoms with E-state index in [2.05, 4.69) is 6.58 Å². The fraction of sp³-hybridized carbons (Fsp3) is 0.211. The number of allylic oxidation sites excluding steroid dienone is 1. The van der Waals surface area contributed by atoms with E-state index in [-0.39, 0.29) is 11.5 Å². The summed E-state index contributed by atoms with van der Waals surface area (Å²) in [4.78, 5) is 11.3. The number of hydrogen-bond donors (Lipinski definition) is 1. The number of phenolic OH excluding ortho intramolecular Hbond substituents is 1. The molecule has 1 N–H and O–H groups in total. The molecule has 0 radical (unpaired) electrons. The van der Waals surface area contributed by atoms with Gasteiger partial charge in [-0.3, -0.25) is 4.79 Å². The molecular formula is C19H20O3. The van der Waals surface area contributed by atoms with E-state index >= 15 is 0 Å². The highest BCUT2D eigenvalue weighted by Crippen LogP contribution is 2.29. The van der Waals surface area contributed by atoms with Crippen LogP contribution in [0.3, 0.4) is 0 Å². The van der Waals surface area contributed by atoms with Crippen molar-refractivity contribution in [3.8, 4) is 11.5 Å². The lowest BCUT2D eigenvalue weighted by Gasteiger charge is -2.13. The van der Waals surface area contributed by atoms with Crippen LogP contribution in [-0.4, -0.2) is 18.0 Å². The molecule has 3 nitrogen and oxygen atoms in total. The van der Waals surface area contributed by atoms with Crippen LogP contribution >= 0.6 is 0 Å². The summed E-state index contributed by atoms with van der Waals surface area (Å²) in [6.07, 6.45) is 1.06. The van der Waals surface area contributed by atoms with Crippen molar-refractivity contribution in [2.45, 2.75) is 19.8 Å². The lowest BCUT2D eigenvalue weighted by molar-refractivity contribution is -0.116. The monoisotopic (exact) mass is 296 g/mol. The van der Waals surface area contributed by atoms with Crippen LogP contribution in [0.25, 0.3) is 5.57 Å². The third-order valence-corrected chi connectivity index (χ3v) is 3.45. The Hall–Kier alpha value is -2.55. The third-order valence-electron chi connectivity index (χ3n) is 3.45. The van der Waals surface area contributed by atoms with E-state index in [4.69, 9.17) is 4.74 Å². The van der Waals surface area contributed by atoms with Crippen molar-refractivity contribution in [3.05, 3.63) is 65.7 Å². The van der Waals surface area contributed by atoms with Crippen LogP contribution in [0.5, 0.6) is 11.5 Å². The normalized spacial score (nSPS) is 10.3. The Morgan fingerprint density at radius 1 is 1.09 bits per heavy atom. The molecule has 0 saturated carbocycles. The molecule has 2 aromatic carbocycles. The van der Waals surface area contributed by atoms with Gasteiger partial charge in [0, 0.05) is 12.0 Å². The van der Waals surface area contributed by atoms with Gasteiger partial charge in [-0.15, -0.1) is 0 Å². The van der Waals surface area contributed by atoms with Crippen LogP contribution in [0.2, 0.25) is 0 Å².